The Labute approximate surface area is 100 Å². The first-order chi connectivity index (χ1) is 8.26. The van der Waals surface area contributed by atoms with Crippen LogP contribution in [0.5, 0.6) is 0 Å². The fourth-order valence-electron chi connectivity index (χ4n) is 2.51. The van der Waals surface area contributed by atoms with Gasteiger partial charge in [0.25, 0.3) is 0 Å². The van der Waals surface area contributed by atoms with Crippen LogP contribution in [0, 0.1) is 0 Å². The van der Waals surface area contributed by atoms with E-state index in [1.54, 1.807) is 0 Å². The van der Waals surface area contributed by atoms with Crippen molar-refractivity contribution in [1.82, 2.24) is 20.0 Å². The van der Waals surface area contributed by atoms with Gasteiger partial charge in [0.2, 0.25) is 0 Å². The number of rotatable bonds is 4. The molecule has 92 valence electrons. The van der Waals surface area contributed by atoms with Crippen molar-refractivity contribution in [3.05, 3.63) is 5.69 Å². The highest BCUT2D eigenvalue weighted by atomic mass is 15.4. The second-order valence-corrected chi connectivity index (χ2v) is 4.91. The monoisotopic (exact) mass is 233 g/mol. The summed E-state index contributed by atoms with van der Waals surface area (Å²) in [6.45, 7) is 4.38. The zero-order chi connectivity index (χ0) is 12.0. The lowest BCUT2D eigenvalue weighted by Crippen LogP contribution is -2.09. The maximum absolute atomic E-state index is 5.97. The van der Waals surface area contributed by atoms with Crippen LogP contribution in [0.4, 0.5) is 5.82 Å². The van der Waals surface area contributed by atoms with E-state index in [-0.39, 0.29) is 0 Å². The normalized spacial score (nSPS) is 16.2. The maximum atomic E-state index is 5.97. The number of nitrogens with one attached hydrogen (secondary N) is 1. The number of anilines is 1. The summed E-state index contributed by atoms with van der Waals surface area (Å²) in [5, 5.41) is 13.0. The number of nitrogens with two attached hydrogens (primary N) is 1. The van der Waals surface area contributed by atoms with Crippen molar-refractivity contribution in [1.29, 1.82) is 0 Å². The van der Waals surface area contributed by atoms with Gasteiger partial charge in [0.15, 0.2) is 5.65 Å². The molecule has 0 unspecified atom stereocenters. The van der Waals surface area contributed by atoms with E-state index in [1.165, 1.54) is 12.8 Å². The summed E-state index contributed by atoms with van der Waals surface area (Å²) in [4.78, 5) is 0. The van der Waals surface area contributed by atoms with Gasteiger partial charge in [-0.3, -0.25) is 5.10 Å². The quantitative estimate of drug-likeness (QED) is 0.852. The van der Waals surface area contributed by atoms with Crippen molar-refractivity contribution in [2.75, 3.05) is 5.73 Å². The highest BCUT2D eigenvalue weighted by Crippen LogP contribution is 2.44. The molecule has 0 atom stereocenters. The van der Waals surface area contributed by atoms with Gasteiger partial charge in [-0.15, -0.1) is 0 Å². The number of hydrogen-bond acceptors (Lipinski definition) is 3. The summed E-state index contributed by atoms with van der Waals surface area (Å²) in [5.41, 5.74) is 8.05. The predicted molar refractivity (Wildman–Crippen MR) is 67.9 cm³/mol. The summed E-state index contributed by atoms with van der Waals surface area (Å²) in [6.07, 6.45) is 4.62. The number of nitrogen functional groups attached to an aromatic ring is 1. The Morgan fingerprint density at radius 2 is 2.12 bits per heavy atom. The molecule has 1 saturated carbocycles. The molecule has 0 aliphatic heterocycles. The van der Waals surface area contributed by atoms with E-state index in [4.69, 9.17) is 10.8 Å². The number of nitrogens with zero attached hydrogens (tertiary/aromatic N) is 3. The molecule has 3 rings (SSSR count). The second kappa shape index (κ2) is 3.75. The van der Waals surface area contributed by atoms with E-state index in [0.29, 0.717) is 17.8 Å². The number of aromatic amines is 1. The third-order valence-corrected chi connectivity index (χ3v) is 3.72. The minimum atomic E-state index is 0.424. The van der Waals surface area contributed by atoms with Crippen molar-refractivity contribution in [3.8, 4) is 0 Å². The van der Waals surface area contributed by atoms with Gasteiger partial charge in [0.05, 0.1) is 17.1 Å². The Morgan fingerprint density at radius 3 is 2.71 bits per heavy atom. The zero-order valence-electron chi connectivity index (χ0n) is 10.4. The molecule has 0 bridgehead atoms. The van der Waals surface area contributed by atoms with Gasteiger partial charge < -0.3 is 5.73 Å². The molecule has 0 amide bonds. The molecular weight excluding hydrogens is 214 g/mol. The van der Waals surface area contributed by atoms with Crippen LogP contribution in [-0.2, 0) is 0 Å². The molecule has 0 spiro atoms. The summed E-state index contributed by atoms with van der Waals surface area (Å²) >= 11 is 0. The van der Waals surface area contributed by atoms with Gasteiger partial charge in [-0.1, -0.05) is 13.8 Å². The lowest BCUT2D eigenvalue weighted by Gasteiger charge is -2.12. The van der Waals surface area contributed by atoms with Gasteiger partial charge in [-0.2, -0.15) is 10.2 Å². The number of H-pyrrole nitrogens is 1. The van der Waals surface area contributed by atoms with Crippen LogP contribution in [-0.4, -0.2) is 20.0 Å². The first kappa shape index (κ1) is 10.6. The van der Waals surface area contributed by atoms with E-state index in [0.717, 1.165) is 29.6 Å². The SMILES string of the molecule is CCC(CC)n1nc(C2CC2)c2c(N)[nH]nc21. The maximum Gasteiger partial charge on any atom is 0.182 e. The van der Waals surface area contributed by atoms with Crippen LogP contribution in [0.1, 0.15) is 57.2 Å². The van der Waals surface area contributed by atoms with Crippen LogP contribution in [0.3, 0.4) is 0 Å². The molecule has 2 aromatic rings. The largest absolute Gasteiger partial charge is 0.383 e. The molecule has 5 nitrogen and oxygen atoms in total. The first-order valence-corrected chi connectivity index (χ1v) is 6.48. The highest BCUT2D eigenvalue weighted by Gasteiger charge is 2.32. The highest BCUT2D eigenvalue weighted by molar-refractivity contribution is 5.89. The summed E-state index contributed by atoms with van der Waals surface area (Å²) in [7, 11) is 0. The third kappa shape index (κ3) is 1.52. The molecule has 0 aromatic carbocycles. The molecule has 1 aliphatic carbocycles. The Hall–Kier alpha value is -1.52. The van der Waals surface area contributed by atoms with E-state index in [9.17, 15) is 0 Å². The summed E-state index contributed by atoms with van der Waals surface area (Å²) in [5.74, 6) is 1.27. The second-order valence-electron chi connectivity index (χ2n) is 4.91. The molecule has 0 saturated heterocycles. The average molecular weight is 233 g/mol. The van der Waals surface area contributed by atoms with Gasteiger partial charge in [0, 0.05) is 5.92 Å². The number of hydrogen-bond donors (Lipinski definition) is 2. The Bertz CT molecular complexity index is 530. The van der Waals surface area contributed by atoms with Crippen molar-refractivity contribution < 1.29 is 0 Å². The minimum Gasteiger partial charge on any atom is -0.383 e. The first-order valence-electron chi connectivity index (χ1n) is 6.48. The third-order valence-electron chi connectivity index (χ3n) is 3.72. The molecule has 1 fully saturated rings. The topological polar surface area (TPSA) is 72.5 Å². The lowest BCUT2D eigenvalue weighted by atomic mass is 10.2. The Morgan fingerprint density at radius 1 is 1.41 bits per heavy atom. The van der Waals surface area contributed by atoms with Crippen LogP contribution < -0.4 is 5.73 Å². The molecule has 2 aromatic heterocycles. The molecule has 0 radical (unpaired) electrons. The van der Waals surface area contributed by atoms with E-state index >= 15 is 0 Å². The minimum absolute atomic E-state index is 0.424. The van der Waals surface area contributed by atoms with Gasteiger partial charge in [-0.25, -0.2) is 4.68 Å². The van der Waals surface area contributed by atoms with Crippen LogP contribution in [0.25, 0.3) is 11.0 Å². The van der Waals surface area contributed by atoms with E-state index in [2.05, 4.69) is 28.7 Å². The van der Waals surface area contributed by atoms with Crippen molar-refractivity contribution in [2.24, 2.45) is 0 Å². The molecule has 2 heterocycles. The number of aromatic nitrogens is 4. The van der Waals surface area contributed by atoms with Crippen molar-refractivity contribution >= 4 is 16.9 Å². The zero-order valence-corrected chi connectivity index (χ0v) is 10.4. The van der Waals surface area contributed by atoms with E-state index in [1.807, 2.05) is 0 Å². The molecule has 1 aliphatic rings. The van der Waals surface area contributed by atoms with Gasteiger partial charge >= 0.3 is 0 Å². The Balaban J connectivity index is 2.18. The van der Waals surface area contributed by atoms with Crippen molar-refractivity contribution in [3.63, 3.8) is 0 Å². The molecular formula is C12H19N5. The van der Waals surface area contributed by atoms with Crippen molar-refractivity contribution in [2.45, 2.75) is 51.5 Å². The summed E-state index contributed by atoms with van der Waals surface area (Å²) in [6, 6.07) is 0.424. The average Bonchev–Trinajstić information content (AvgIpc) is 3.01. The standard InChI is InChI=1S/C12H19N5/c1-3-8(4-2)17-12-9(11(13)14-15-12)10(16-17)7-5-6-7/h7-8H,3-6H2,1-2H3,(H3,13,14,15). The van der Waals surface area contributed by atoms with Crippen LogP contribution >= 0.6 is 0 Å². The van der Waals surface area contributed by atoms with E-state index < -0.39 is 0 Å². The molecule has 5 heteroatoms. The molecule has 17 heavy (non-hydrogen) atoms. The Kier molecular flexibility index (Phi) is 2.34. The lowest BCUT2D eigenvalue weighted by molar-refractivity contribution is 0.435. The molecule has 3 N–H and O–H groups in total. The van der Waals surface area contributed by atoms with Crippen LogP contribution in [0.15, 0.2) is 0 Å². The fourth-order valence-corrected chi connectivity index (χ4v) is 2.51. The summed E-state index contributed by atoms with van der Waals surface area (Å²) < 4.78 is 2.07. The van der Waals surface area contributed by atoms with Gasteiger partial charge in [-0.05, 0) is 25.7 Å². The number of fused-ring (bicyclic) bond motifs is 1. The van der Waals surface area contributed by atoms with Gasteiger partial charge in [0.1, 0.15) is 5.82 Å². The van der Waals surface area contributed by atoms with Crippen LogP contribution in [0.2, 0.25) is 0 Å². The fraction of sp³-hybridized carbons (Fsp3) is 0.667. The smallest absolute Gasteiger partial charge is 0.182 e. The predicted octanol–water partition coefficient (Wildman–Crippen LogP) is 2.58.